The van der Waals surface area contributed by atoms with Gasteiger partial charge in [0.1, 0.15) is 10.6 Å². The fraction of sp³-hybridized carbons (Fsp3) is 0.200. The molecule has 9 nitrogen and oxygen atoms in total. The predicted octanol–water partition coefficient (Wildman–Crippen LogP) is 4.34. The summed E-state index contributed by atoms with van der Waals surface area (Å²) in [7, 11) is -4.33. The van der Waals surface area contributed by atoms with Crippen LogP contribution in [0.25, 0.3) is 0 Å². The molecule has 3 aromatic carbocycles. The van der Waals surface area contributed by atoms with Crippen molar-refractivity contribution in [3.63, 3.8) is 0 Å². The van der Waals surface area contributed by atoms with Crippen LogP contribution in [-0.2, 0) is 21.2 Å². The molecule has 0 aromatic heterocycles. The van der Waals surface area contributed by atoms with Crippen molar-refractivity contribution in [2.24, 2.45) is 0 Å². The number of sulfonamides is 1. The van der Waals surface area contributed by atoms with Crippen LogP contribution in [0.1, 0.15) is 40.9 Å². The lowest BCUT2D eigenvalue weighted by Gasteiger charge is -2.21. The van der Waals surface area contributed by atoms with E-state index in [1.165, 1.54) is 42.5 Å². The molecule has 1 aliphatic rings. The Morgan fingerprint density at radius 1 is 1.08 bits per heavy atom. The van der Waals surface area contributed by atoms with Gasteiger partial charge in [0.2, 0.25) is 12.9 Å². The number of carbonyl (C=O) groups excluding carboxylic acids is 1. The van der Waals surface area contributed by atoms with E-state index in [4.69, 9.17) is 25.8 Å². The van der Waals surface area contributed by atoms with Gasteiger partial charge in [0.05, 0.1) is 10.6 Å². The lowest BCUT2D eigenvalue weighted by Crippen LogP contribution is -2.37. The second-order valence-electron chi connectivity index (χ2n) is 7.89. The van der Waals surface area contributed by atoms with Gasteiger partial charge in [0, 0.05) is 5.56 Å². The molecule has 0 aliphatic carbocycles. The molecule has 1 amide bonds. The second kappa shape index (κ2) is 10.5. The summed E-state index contributed by atoms with van der Waals surface area (Å²) in [6.45, 7) is 1.92. The third-order valence-corrected chi connectivity index (χ3v) is 7.22. The maximum absolute atomic E-state index is 13.4. The molecule has 188 valence electrons. The van der Waals surface area contributed by atoms with Crippen molar-refractivity contribution in [1.29, 1.82) is 0 Å². The van der Waals surface area contributed by atoms with Crippen molar-refractivity contribution in [1.82, 2.24) is 4.72 Å². The molecule has 0 radical (unpaired) electrons. The van der Waals surface area contributed by atoms with E-state index in [9.17, 15) is 23.1 Å². The van der Waals surface area contributed by atoms with E-state index in [2.05, 4.69) is 0 Å². The van der Waals surface area contributed by atoms with Crippen molar-refractivity contribution < 1.29 is 37.3 Å². The molecule has 1 atom stereocenters. The van der Waals surface area contributed by atoms with Crippen LogP contribution in [0.5, 0.6) is 17.2 Å². The summed E-state index contributed by atoms with van der Waals surface area (Å²) in [6.07, 6.45) is -0.270. The van der Waals surface area contributed by atoms with Crippen LogP contribution in [0, 0.1) is 0 Å². The van der Waals surface area contributed by atoms with E-state index in [0.717, 1.165) is 0 Å². The molecule has 1 aliphatic heterocycles. The summed E-state index contributed by atoms with van der Waals surface area (Å²) < 4.78 is 44.7. The number of hydrogen-bond acceptors (Lipinski definition) is 7. The highest BCUT2D eigenvalue weighted by Gasteiger charge is 2.31. The maximum Gasteiger partial charge on any atom is 0.335 e. The largest absolute Gasteiger partial charge is 0.478 e. The number of ether oxygens (including phenoxy) is 3. The summed E-state index contributed by atoms with van der Waals surface area (Å²) in [5, 5.41) is 9.31. The number of halogens is 1. The van der Waals surface area contributed by atoms with Crippen molar-refractivity contribution in [3.05, 3.63) is 82.4 Å². The van der Waals surface area contributed by atoms with Crippen LogP contribution in [-0.4, -0.2) is 32.2 Å². The Morgan fingerprint density at radius 3 is 2.56 bits per heavy atom. The smallest absolute Gasteiger partial charge is 0.335 e. The van der Waals surface area contributed by atoms with Gasteiger partial charge >= 0.3 is 5.97 Å². The first-order valence-electron chi connectivity index (χ1n) is 10.9. The van der Waals surface area contributed by atoms with Gasteiger partial charge in [-0.05, 0) is 54.4 Å². The lowest BCUT2D eigenvalue weighted by molar-refractivity contribution is -0.126. The highest BCUT2D eigenvalue weighted by molar-refractivity contribution is 7.90. The molecular formula is C25H22ClNO8S. The van der Waals surface area contributed by atoms with Gasteiger partial charge in [-0.25, -0.2) is 17.9 Å². The molecule has 1 unspecified atom stereocenters. The molecule has 2 N–H and O–H groups in total. The van der Waals surface area contributed by atoms with Gasteiger partial charge in [-0.15, -0.1) is 0 Å². The number of nitrogens with one attached hydrogen (secondary N) is 1. The fourth-order valence-corrected chi connectivity index (χ4v) is 5.18. The number of aryl methyl sites for hydroxylation is 1. The van der Waals surface area contributed by atoms with Gasteiger partial charge < -0.3 is 19.3 Å². The van der Waals surface area contributed by atoms with Crippen molar-refractivity contribution in [3.8, 4) is 17.2 Å². The van der Waals surface area contributed by atoms with Crippen molar-refractivity contribution >= 4 is 33.5 Å². The minimum atomic E-state index is -4.33. The normalized spacial score (nSPS) is 13.2. The minimum Gasteiger partial charge on any atom is -0.478 e. The quantitative estimate of drug-likeness (QED) is 0.417. The first kappa shape index (κ1) is 25.3. The van der Waals surface area contributed by atoms with E-state index < -0.39 is 28.0 Å². The number of amides is 1. The van der Waals surface area contributed by atoms with Crippen LogP contribution in [0.15, 0.2) is 65.6 Å². The first-order chi connectivity index (χ1) is 17.2. The van der Waals surface area contributed by atoms with Gasteiger partial charge in [-0.1, -0.05) is 43.1 Å². The highest BCUT2D eigenvalue weighted by Crippen LogP contribution is 2.36. The van der Waals surface area contributed by atoms with Gasteiger partial charge in [-0.3, -0.25) is 4.79 Å². The maximum atomic E-state index is 13.4. The number of carbonyl (C=O) groups is 2. The Labute approximate surface area is 212 Å². The van der Waals surface area contributed by atoms with Crippen molar-refractivity contribution in [2.75, 3.05) is 6.79 Å². The topological polar surface area (TPSA) is 128 Å². The molecule has 11 heteroatoms. The van der Waals surface area contributed by atoms with Crippen LogP contribution < -0.4 is 18.9 Å². The second-order valence-corrected chi connectivity index (χ2v) is 9.95. The Hall–Kier alpha value is -3.76. The first-order valence-corrected chi connectivity index (χ1v) is 12.8. The van der Waals surface area contributed by atoms with Crippen LogP contribution in [0.2, 0.25) is 5.02 Å². The third-order valence-electron chi connectivity index (χ3n) is 5.37. The molecule has 0 bridgehead atoms. The van der Waals surface area contributed by atoms with Gasteiger partial charge in [-0.2, -0.15) is 0 Å². The van der Waals surface area contributed by atoms with E-state index >= 15 is 0 Å². The predicted molar refractivity (Wildman–Crippen MR) is 130 cm³/mol. The zero-order chi connectivity index (χ0) is 25.9. The summed E-state index contributed by atoms with van der Waals surface area (Å²) in [4.78, 5) is 24.5. The fourth-order valence-electron chi connectivity index (χ4n) is 3.67. The number of carboxylic acids is 1. The van der Waals surface area contributed by atoms with Gasteiger partial charge in [0.25, 0.3) is 15.9 Å². The number of carboxylic acid groups (broad SMARTS) is 1. The molecule has 0 spiro atoms. The molecule has 4 rings (SSSR count). The molecule has 36 heavy (non-hydrogen) atoms. The zero-order valence-corrected chi connectivity index (χ0v) is 20.6. The monoisotopic (exact) mass is 531 g/mol. The molecular weight excluding hydrogens is 510 g/mol. The summed E-state index contributed by atoms with van der Waals surface area (Å²) in [5.74, 6) is -0.986. The number of benzene rings is 3. The van der Waals surface area contributed by atoms with Gasteiger partial charge in [0.15, 0.2) is 11.5 Å². The molecule has 0 saturated heterocycles. The summed E-state index contributed by atoms with van der Waals surface area (Å²) in [5.41, 5.74) is 0.928. The average Bonchev–Trinajstić information content (AvgIpc) is 3.31. The third kappa shape index (κ3) is 5.39. The molecule has 1 heterocycles. The van der Waals surface area contributed by atoms with E-state index in [-0.39, 0.29) is 28.0 Å². The Kier molecular flexibility index (Phi) is 7.37. The SMILES string of the molecule is CCCc1cc(C(=O)O)ccc1OC(C(=O)NS(=O)(=O)c1ccccc1Cl)c1ccc2c(c1)OCO2. The van der Waals surface area contributed by atoms with E-state index in [0.29, 0.717) is 35.5 Å². The standard InChI is InChI=1S/C25H22ClNO8S/c1-2-5-15-12-17(25(29)30)9-10-19(15)35-23(16-8-11-20-21(13-16)34-14-33-20)24(28)27-36(31,32)22-7-4-3-6-18(22)26/h3-4,6-13,23H,2,5,14H2,1H3,(H,27,28)(H,29,30). The number of aromatic carboxylic acids is 1. The highest BCUT2D eigenvalue weighted by atomic mass is 35.5. The Bertz CT molecular complexity index is 1420. The number of hydrogen-bond donors (Lipinski definition) is 2. The zero-order valence-electron chi connectivity index (χ0n) is 19.1. The number of rotatable bonds is 9. The number of fused-ring (bicyclic) bond motifs is 1. The van der Waals surface area contributed by atoms with E-state index in [1.807, 2.05) is 11.6 Å². The average molecular weight is 532 g/mol. The van der Waals surface area contributed by atoms with Crippen molar-refractivity contribution in [2.45, 2.75) is 30.8 Å². The van der Waals surface area contributed by atoms with Crippen LogP contribution >= 0.6 is 11.6 Å². The van der Waals surface area contributed by atoms with Crippen LogP contribution in [0.4, 0.5) is 0 Å². The summed E-state index contributed by atoms with van der Waals surface area (Å²) >= 11 is 6.04. The van der Waals surface area contributed by atoms with E-state index in [1.54, 1.807) is 18.2 Å². The summed E-state index contributed by atoms with van der Waals surface area (Å²) in [6, 6.07) is 14.7. The molecule has 3 aromatic rings. The van der Waals surface area contributed by atoms with Crippen LogP contribution in [0.3, 0.4) is 0 Å². The lowest BCUT2D eigenvalue weighted by atomic mass is 10.0. The molecule has 0 fully saturated rings. The Morgan fingerprint density at radius 2 is 1.83 bits per heavy atom. The molecule has 0 saturated carbocycles. The Balaban J connectivity index is 1.73. The minimum absolute atomic E-state index is 0.00862.